The van der Waals surface area contributed by atoms with E-state index in [-0.39, 0.29) is 24.0 Å². The van der Waals surface area contributed by atoms with Crippen LogP contribution in [0.5, 0.6) is 0 Å². The molecule has 4 atom stereocenters. The van der Waals surface area contributed by atoms with Crippen LogP contribution in [0.2, 0.25) is 0 Å². The largest absolute Gasteiger partial charge is 0.479 e. The Morgan fingerprint density at radius 1 is 1.26 bits per heavy atom. The number of aliphatic hydroxyl groups is 1. The van der Waals surface area contributed by atoms with Crippen molar-refractivity contribution in [2.24, 2.45) is 17.8 Å². The molecule has 0 radical (unpaired) electrons. The average Bonchev–Trinajstić information content (AvgIpc) is 2.98. The molecule has 27 heavy (non-hydrogen) atoms. The molecule has 0 spiro atoms. The molecule has 0 bridgehead atoms. The zero-order valence-corrected chi connectivity index (χ0v) is 16.5. The van der Waals surface area contributed by atoms with Crippen LogP contribution in [-0.2, 0) is 14.3 Å². The number of unbranched alkanes of at least 4 members (excludes halogenated alkanes) is 1. The van der Waals surface area contributed by atoms with E-state index in [1.807, 2.05) is 18.2 Å². The van der Waals surface area contributed by atoms with Gasteiger partial charge in [0.1, 0.15) is 0 Å². The highest BCUT2D eigenvalue weighted by atomic mass is 16.5. The third-order valence-electron chi connectivity index (χ3n) is 4.95. The fraction of sp³-hybridized carbons (Fsp3) is 0.636. The van der Waals surface area contributed by atoms with E-state index in [4.69, 9.17) is 9.84 Å². The number of carboxylic acids is 1. The summed E-state index contributed by atoms with van der Waals surface area (Å²) >= 11 is 0. The first-order valence-electron chi connectivity index (χ1n) is 9.89. The SMILES string of the molecule is COCCCC[C@H](C)CC=C[C@H]1C=CC(=O)[C@@H]1CC=CCCC(O)C(=O)O. The minimum absolute atomic E-state index is 0.0705. The van der Waals surface area contributed by atoms with E-state index in [2.05, 4.69) is 19.1 Å². The van der Waals surface area contributed by atoms with E-state index in [0.29, 0.717) is 18.8 Å². The molecule has 0 saturated heterocycles. The number of aliphatic carboxylic acids is 1. The summed E-state index contributed by atoms with van der Waals surface area (Å²) in [6.45, 7) is 3.07. The summed E-state index contributed by atoms with van der Waals surface area (Å²) < 4.78 is 5.07. The molecule has 2 N–H and O–H groups in total. The van der Waals surface area contributed by atoms with Crippen molar-refractivity contribution < 1.29 is 24.5 Å². The smallest absolute Gasteiger partial charge is 0.332 e. The van der Waals surface area contributed by atoms with Gasteiger partial charge in [-0.2, -0.15) is 0 Å². The molecule has 5 heteroatoms. The number of carbonyl (C=O) groups excluding carboxylic acids is 1. The Bertz CT molecular complexity index is 535. The Kier molecular flexibility index (Phi) is 11.6. The van der Waals surface area contributed by atoms with E-state index in [0.717, 1.165) is 19.4 Å². The predicted molar refractivity (Wildman–Crippen MR) is 106 cm³/mol. The highest BCUT2D eigenvalue weighted by Crippen LogP contribution is 2.28. The van der Waals surface area contributed by atoms with Crippen molar-refractivity contribution in [3.05, 3.63) is 36.5 Å². The molecule has 0 saturated carbocycles. The minimum Gasteiger partial charge on any atom is -0.479 e. The fourth-order valence-electron chi connectivity index (χ4n) is 3.19. The number of allylic oxidation sites excluding steroid dienone is 6. The first-order chi connectivity index (χ1) is 13.0. The summed E-state index contributed by atoms with van der Waals surface area (Å²) in [5.41, 5.74) is 0. The number of ether oxygens (including phenoxy) is 1. The van der Waals surface area contributed by atoms with Gasteiger partial charge in [0, 0.05) is 25.6 Å². The van der Waals surface area contributed by atoms with Crippen LogP contribution in [0, 0.1) is 17.8 Å². The minimum atomic E-state index is -1.32. The normalized spacial score (nSPS) is 22.1. The molecule has 0 heterocycles. The van der Waals surface area contributed by atoms with Crippen molar-refractivity contribution in [1.29, 1.82) is 0 Å². The Balaban J connectivity index is 2.34. The molecular weight excluding hydrogens is 344 g/mol. The van der Waals surface area contributed by atoms with Crippen molar-refractivity contribution in [3.63, 3.8) is 0 Å². The monoisotopic (exact) mass is 378 g/mol. The predicted octanol–water partition coefficient (Wildman–Crippen LogP) is 3.93. The summed E-state index contributed by atoms with van der Waals surface area (Å²) in [6, 6.07) is 0. The quantitative estimate of drug-likeness (QED) is 0.353. The van der Waals surface area contributed by atoms with Gasteiger partial charge in [0.2, 0.25) is 0 Å². The van der Waals surface area contributed by atoms with Gasteiger partial charge in [-0.05, 0) is 44.1 Å². The molecule has 0 aromatic carbocycles. The summed E-state index contributed by atoms with van der Waals surface area (Å²) in [7, 11) is 1.73. The van der Waals surface area contributed by atoms with Crippen molar-refractivity contribution in [2.75, 3.05) is 13.7 Å². The number of hydrogen-bond donors (Lipinski definition) is 2. The van der Waals surface area contributed by atoms with E-state index in [9.17, 15) is 14.7 Å². The van der Waals surface area contributed by atoms with Gasteiger partial charge in [-0.25, -0.2) is 4.79 Å². The molecule has 1 aliphatic rings. The molecule has 5 nitrogen and oxygen atoms in total. The zero-order chi connectivity index (χ0) is 20.1. The van der Waals surface area contributed by atoms with Crippen molar-refractivity contribution in [2.45, 2.75) is 58.0 Å². The van der Waals surface area contributed by atoms with Gasteiger partial charge >= 0.3 is 5.97 Å². The third kappa shape index (κ3) is 9.68. The molecule has 1 unspecified atom stereocenters. The van der Waals surface area contributed by atoms with Crippen LogP contribution in [0.4, 0.5) is 0 Å². The Morgan fingerprint density at radius 2 is 2.04 bits per heavy atom. The zero-order valence-electron chi connectivity index (χ0n) is 16.5. The van der Waals surface area contributed by atoms with Crippen LogP contribution in [0.3, 0.4) is 0 Å². The van der Waals surface area contributed by atoms with Crippen LogP contribution in [-0.4, -0.2) is 41.8 Å². The van der Waals surface area contributed by atoms with E-state index in [1.165, 1.54) is 12.8 Å². The van der Waals surface area contributed by atoms with E-state index in [1.54, 1.807) is 13.2 Å². The first-order valence-corrected chi connectivity index (χ1v) is 9.89. The van der Waals surface area contributed by atoms with E-state index < -0.39 is 12.1 Å². The number of hydrogen-bond acceptors (Lipinski definition) is 4. The average molecular weight is 379 g/mol. The van der Waals surface area contributed by atoms with Gasteiger partial charge in [-0.15, -0.1) is 0 Å². The maximum atomic E-state index is 12.1. The second-order valence-electron chi connectivity index (χ2n) is 7.34. The van der Waals surface area contributed by atoms with Gasteiger partial charge in [-0.3, -0.25) is 4.79 Å². The Hall–Kier alpha value is -1.72. The second-order valence-corrected chi connectivity index (χ2v) is 7.34. The molecule has 0 amide bonds. The van der Waals surface area contributed by atoms with Crippen LogP contribution < -0.4 is 0 Å². The second kappa shape index (κ2) is 13.4. The highest BCUT2D eigenvalue weighted by molar-refractivity contribution is 5.95. The number of aliphatic hydroxyl groups excluding tert-OH is 1. The fourth-order valence-corrected chi connectivity index (χ4v) is 3.19. The lowest BCUT2D eigenvalue weighted by atomic mass is 9.90. The maximum absolute atomic E-state index is 12.1. The summed E-state index contributed by atoms with van der Waals surface area (Å²) in [6.07, 6.45) is 16.2. The third-order valence-corrected chi connectivity index (χ3v) is 4.95. The van der Waals surface area contributed by atoms with Crippen molar-refractivity contribution in [1.82, 2.24) is 0 Å². The molecule has 1 rings (SSSR count). The number of ketones is 1. The van der Waals surface area contributed by atoms with Crippen LogP contribution in [0.15, 0.2) is 36.5 Å². The lowest BCUT2D eigenvalue weighted by molar-refractivity contribution is -0.146. The van der Waals surface area contributed by atoms with Gasteiger partial charge in [0.25, 0.3) is 0 Å². The molecule has 0 aromatic rings. The number of carbonyl (C=O) groups is 2. The highest BCUT2D eigenvalue weighted by Gasteiger charge is 2.26. The van der Waals surface area contributed by atoms with Crippen LogP contribution in [0.1, 0.15) is 51.9 Å². The van der Waals surface area contributed by atoms with Crippen LogP contribution >= 0.6 is 0 Å². The van der Waals surface area contributed by atoms with Gasteiger partial charge in [0.05, 0.1) is 0 Å². The number of carboxylic acid groups (broad SMARTS) is 1. The molecule has 0 fully saturated rings. The summed E-state index contributed by atoms with van der Waals surface area (Å²) in [5, 5.41) is 17.9. The molecule has 0 aliphatic heterocycles. The lowest BCUT2D eigenvalue weighted by Crippen LogP contribution is -2.18. The molecule has 0 aromatic heterocycles. The van der Waals surface area contributed by atoms with Gasteiger partial charge in [0.15, 0.2) is 11.9 Å². The maximum Gasteiger partial charge on any atom is 0.332 e. The molecular formula is C22H34O5. The molecule has 1 aliphatic carbocycles. The number of methoxy groups -OCH3 is 1. The van der Waals surface area contributed by atoms with Crippen molar-refractivity contribution in [3.8, 4) is 0 Å². The number of rotatable bonds is 14. The first kappa shape index (κ1) is 23.3. The van der Waals surface area contributed by atoms with Crippen molar-refractivity contribution >= 4 is 11.8 Å². The summed E-state index contributed by atoms with van der Waals surface area (Å²) in [5.74, 6) is -0.367. The Morgan fingerprint density at radius 3 is 2.74 bits per heavy atom. The molecule has 152 valence electrons. The van der Waals surface area contributed by atoms with Gasteiger partial charge < -0.3 is 14.9 Å². The van der Waals surface area contributed by atoms with E-state index >= 15 is 0 Å². The van der Waals surface area contributed by atoms with Gasteiger partial charge in [-0.1, -0.05) is 50.1 Å². The topological polar surface area (TPSA) is 83.8 Å². The Labute approximate surface area is 162 Å². The lowest BCUT2D eigenvalue weighted by Gasteiger charge is -2.13. The van der Waals surface area contributed by atoms with Crippen LogP contribution in [0.25, 0.3) is 0 Å². The standard InChI is InChI=1S/C22H34O5/c1-17(9-6-7-16-27-2)10-8-11-18-14-15-20(23)19(18)12-4-3-5-13-21(24)22(25)26/h3-4,8,11,14-15,17-19,21,24H,5-7,9-10,12-13,16H2,1-2H3,(H,25,26)/t17-,18-,19+,21?/m0/s1. The summed E-state index contributed by atoms with van der Waals surface area (Å²) in [4.78, 5) is 22.6.